The number of carboxylic acid groups (broad SMARTS) is 1. The quantitative estimate of drug-likeness (QED) is 0.513. The first-order chi connectivity index (χ1) is 8.66. The third-order valence-electron chi connectivity index (χ3n) is 3.17. The summed E-state index contributed by atoms with van der Waals surface area (Å²) in [5.41, 5.74) is 0. The molecule has 0 radical (unpaired) electrons. The van der Waals surface area contributed by atoms with Crippen molar-refractivity contribution in [2.45, 2.75) is 32.1 Å². The summed E-state index contributed by atoms with van der Waals surface area (Å²) in [6.07, 6.45) is 9.86. The number of amides is 1. The minimum absolute atomic E-state index is 0.142. The zero-order chi connectivity index (χ0) is 13.4. The Balaban J connectivity index is 2.20. The van der Waals surface area contributed by atoms with E-state index in [0.717, 1.165) is 25.7 Å². The summed E-state index contributed by atoms with van der Waals surface area (Å²) in [7, 11) is 0. The summed E-state index contributed by atoms with van der Waals surface area (Å²) < 4.78 is 0. The number of rotatable bonds is 8. The van der Waals surface area contributed by atoms with Crippen LogP contribution in [0.25, 0.3) is 0 Å². The Bertz CT molecular complexity index is 336. The fourth-order valence-corrected chi connectivity index (χ4v) is 2.11. The van der Waals surface area contributed by atoms with Crippen molar-refractivity contribution < 1.29 is 14.7 Å². The fraction of sp³-hybridized carbons (Fsp3) is 0.571. The van der Waals surface area contributed by atoms with E-state index in [9.17, 15) is 9.59 Å². The molecule has 4 nitrogen and oxygen atoms in total. The Kier molecular flexibility index (Phi) is 6.19. The van der Waals surface area contributed by atoms with E-state index in [0.29, 0.717) is 13.0 Å². The van der Waals surface area contributed by atoms with Crippen LogP contribution in [0.5, 0.6) is 0 Å². The maximum atomic E-state index is 11.8. The minimum atomic E-state index is -0.921. The van der Waals surface area contributed by atoms with E-state index in [2.05, 4.69) is 11.9 Å². The van der Waals surface area contributed by atoms with Crippen molar-refractivity contribution in [3.63, 3.8) is 0 Å². The molecule has 0 spiro atoms. The minimum Gasteiger partial charge on any atom is -0.481 e. The van der Waals surface area contributed by atoms with Gasteiger partial charge in [0.25, 0.3) is 0 Å². The molecule has 0 aliphatic heterocycles. The van der Waals surface area contributed by atoms with Crippen LogP contribution in [0.3, 0.4) is 0 Å². The second-order valence-electron chi connectivity index (χ2n) is 4.56. The van der Waals surface area contributed by atoms with Crippen molar-refractivity contribution in [2.75, 3.05) is 6.54 Å². The zero-order valence-corrected chi connectivity index (χ0v) is 10.6. The SMILES string of the molecule is C=CCCCCCNC(=O)C1CC=CC1C(=O)O. The molecule has 0 saturated carbocycles. The maximum Gasteiger partial charge on any atom is 0.311 e. The molecule has 0 bridgehead atoms. The lowest BCUT2D eigenvalue weighted by Gasteiger charge is -2.15. The standard InChI is InChI=1S/C14H21NO3/c1-2-3-4-5-6-10-15-13(16)11-8-7-9-12(11)14(17)18/h2,7,9,11-12H,1,3-6,8,10H2,(H,15,16)(H,17,18). The molecule has 0 fully saturated rings. The second kappa shape index (κ2) is 7.69. The van der Waals surface area contributed by atoms with Gasteiger partial charge in [-0.1, -0.05) is 24.6 Å². The Hall–Kier alpha value is -1.58. The summed E-state index contributed by atoms with van der Waals surface area (Å²) in [5, 5.41) is 11.8. The maximum absolute atomic E-state index is 11.8. The average molecular weight is 251 g/mol. The highest BCUT2D eigenvalue weighted by molar-refractivity contribution is 5.86. The van der Waals surface area contributed by atoms with Crippen molar-refractivity contribution >= 4 is 11.9 Å². The molecule has 2 unspecified atom stereocenters. The number of carboxylic acids is 1. The van der Waals surface area contributed by atoms with Gasteiger partial charge in [0.05, 0.1) is 11.8 Å². The van der Waals surface area contributed by atoms with Crippen LogP contribution in [0, 0.1) is 11.8 Å². The Morgan fingerprint density at radius 2 is 2.17 bits per heavy atom. The highest BCUT2D eigenvalue weighted by atomic mass is 16.4. The van der Waals surface area contributed by atoms with Gasteiger partial charge in [-0.2, -0.15) is 0 Å². The van der Waals surface area contributed by atoms with Gasteiger partial charge in [-0.3, -0.25) is 9.59 Å². The lowest BCUT2D eigenvalue weighted by Crippen LogP contribution is -2.35. The Morgan fingerprint density at radius 3 is 2.83 bits per heavy atom. The molecule has 18 heavy (non-hydrogen) atoms. The second-order valence-corrected chi connectivity index (χ2v) is 4.56. The van der Waals surface area contributed by atoms with Crippen LogP contribution in [0.2, 0.25) is 0 Å². The predicted octanol–water partition coefficient (Wildman–Crippen LogP) is 2.13. The smallest absolute Gasteiger partial charge is 0.311 e. The number of nitrogens with one attached hydrogen (secondary N) is 1. The molecule has 0 heterocycles. The molecule has 1 aliphatic rings. The lowest BCUT2D eigenvalue weighted by atomic mass is 9.95. The number of carbonyl (C=O) groups is 2. The van der Waals surface area contributed by atoms with E-state index in [1.807, 2.05) is 6.08 Å². The molecule has 2 N–H and O–H groups in total. The number of carbonyl (C=O) groups excluding carboxylic acids is 1. The van der Waals surface area contributed by atoms with Gasteiger partial charge in [0, 0.05) is 6.54 Å². The third kappa shape index (κ3) is 4.35. The molecule has 0 aromatic carbocycles. The summed E-state index contributed by atoms with van der Waals surface area (Å²) in [4.78, 5) is 22.7. The first kappa shape index (κ1) is 14.5. The van der Waals surface area contributed by atoms with Crippen molar-refractivity contribution in [3.05, 3.63) is 24.8 Å². The third-order valence-corrected chi connectivity index (χ3v) is 3.17. The number of hydrogen-bond donors (Lipinski definition) is 2. The normalized spacial score (nSPS) is 21.8. The van der Waals surface area contributed by atoms with Crippen LogP contribution in [0.15, 0.2) is 24.8 Å². The van der Waals surface area contributed by atoms with Gasteiger partial charge in [0.15, 0.2) is 0 Å². The summed E-state index contributed by atoms with van der Waals surface area (Å²) in [6.45, 7) is 4.28. The van der Waals surface area contributed by atoms with Crippen LogP contribution in [-0.4, -0.2) is 23.5 Å². The highest BCUT2D eigenvalue weighted by Gasteiger charge is 2.33. The molecular formula is C14H21NO3. The summed E-state index contributed by atoms with van der Waals surface area (Å²) in [5.74, 6) is -2.16. The number of hydrogen-bond acceptors (Lipinski definition) is 2. The van der Waals surface area contributed by atoms with Gasteiger partial charge in [0.1, 0.15) is 0 Å². The molecule has 1 rings (SSSR count). The van der Waals surface area contributed by atoms with Crippen molar-refractivity contribution in [2.24, 2.45) is 11.8 Å². The van der Waals surface area contributed by atoms with E-state index in [4.69, 9.17) is 5.11 Å². The lowest BCUT2D eigenvalue weighted by molar-refractivity contribution is -0.144. The summed E-state index contributed by atoms with van der Waals surface area (Å²) in [6, 6.07) is 0. The van der Waals surface area contributed by atoms with E-state index < -0.39 is 17.8 Å². The van der Waals surface area contributed by atoms with Gasteiger partial charge in [-0.25, -0.2) is 0 Å². The molecule has 0 saturated heterocycles. The van der Waals surface area contributed by atoms with Crippen LogP contribution < -0.4 is 5.32 Å². The predicted molar refractivity (Wildman–Crippen MR) is 70.0 cm³/mol. The number of aliphatic carboxylic acids is 1. The van der Waals surface area contributed by atoms with E-state index in [1.54, 1.807) is 12.2 Å². The molecule has 2 atom stereocenters. The number of allylic oxidation sites excluding steroid dienone is 2. The van der Waals surface area contributed by atoms with Crippen LogP contribution in [-0.2, 0) is 9.59 Å². The molecular weight excluding hydrogens is 230 g/mol. The topological polar surface area (TPSA) is 66.4 Å². The highest BCUT2D eigenvalue weighted by Crippen LogP contribution is 2.25. The monoisotopic (exact) mass is 251 g/mol. The zero-order valence-electron chi connectivity index (χ0n) is 10.6. The van der Waals surface area contributed by atoms with Gasteiger partial charge >= 0.3 is 5.97 Å². The van der Waals surface area contributed by atoms with Crippen molar-refractivity contribution in [3.8, 4) is 0 Å². The van der Waals surface area contributed by atoms with Crippen LogP contribution >= 0.6 is 0 Å². The fourth-order valence-electron chi connectivity index (χ4n) is 2.11. The van der Waals surface area contributed by atoms with Crippen LogP contribution in [0.1, 0.15) is 32.1 Å². The Labute approximate surface area is 108 Å². The molecule has 4 heteroatoms. The average Bonchev–Trinajstić information content (AvgIpc) is 2.82. The van der Waals surface area contributed by atoms with Crippen LogP contribution in [0.4, 0.5) is 0 Å². The van der Waals surface area contributed by atoms with Gasteiger partial charge in [-0.05, 0) is 25.7 Å². The van der Waals surface area contributed by atoms with Gasteiger partial charge in [-0.15, -0.1) is 6.58 Å². The molecule has 0 aromatic rings. The molecule has 1 amide bonds. The Morgan fingerprint density at radius 1 is 1.39 bits per heavy atom. The summed E-state index contributed by atoms with van der Waals surface area (Å²) >= 11 is 0. The van der Waals surface area contributed by atoms with E-state index in [-0.39, 0.29) is 5.91 Å². The van der Waals surface area contributed by atoms with Crippen molar-refractivity contribution in [1.29, 1.82) is 0 Å². The van der Waals surface area contributed by atoms with Crippen molar-refractivity contribution in [1.82, 2.24) is 5.32 Å². The molecule has 0 aromatic heterocycles. The molecule has 100 valence electrons. The molecule has 1 aliphatic carbocycles. The number of unbranched alkanes of at least 4 members (excludes halogenated alkanes) is 3. The first-order valence-electron chi connectivity index (χ1n) is 6.45. The van der Waals surface area contributed by atoms with Gasteiger partial charge in [0.2, 0.25) is 5.91 Å². The van der Waals surface area contributed by atoms with E-state index >= 15 is 0 Å². The van der Waals surface area contributed by atoms with E-state index in [1.165, 1.54) is 0 Å². The van der Waals surface area contributed by atoms with Gasteiger partial charge < -0.3 is 10.4 Å². The first-order valence-corrected chi connectivity index (χ1v) is 6.45. The largest absolute Gasteiger partial charge is 0.481 e.